The van der Waals surface area contributed by atoms with Gasteiger partial charge in [0.2, 0.25) is 0 Å². The van der Waals surface area contributed by atoms with Gasteiger partial charge < -0.3 is 5.32 Å². The van der Waals surface area contributed by atoms with E-state index in [1.807, 2.05) is 0 Å². The van der Waals surface area contributed by atoms with Crippen LogP contribution in [-0.4, -0.2) is 21.7 Å². The summed E-state index contributed by atoms with van der Waals surface area (Å²) in [5, 5.41) is 7.16. The number of anilines is 1. The highest BCUT2D eigenvalue weighted by Crippen LogP contribution is 2.31. The molecule has 0 aliphatic heterocycles. The van der Waals surface area contributed by atoms with Crippen LogP contribution in [0, 0.1) is 6.92 Å². The molecule has 2 heterocycles. The lowest BCUT2D eigenvalue weighted by atomic mass is 10.1. The molecule has 25 heavy (non-hydrogen) atoms. The number of pyridine rings is 1. The van der Waals surface area contributed by atoms with Crippen LogP contribution in [0.4, 0.5) is 18.9 Å². The fourth-order valence-electron chi connectivity index (χ4n) is 3.04. The van der Waals surface area contributed by atoms with Gasteiger partial charge in [-0.3, -0.25) is 9.59 Å². The molecule has 0 saturated heterocycles. The number of nitrogens with one attached hydrogen (secondary N) is 1. The van der Waals surface area contributed by atoms with Crippen LogP contribution in [0.2, 0.25) is 0 Å². The van der Waals surface area contributed by atoms with Gasteiger partial charge in [-0.1, -0.05) is 12.1 Å². The molecule has 0 aliphatic rings. The summed E-state index contributed by atoms with van der Waals surface area (Å²) in [7, 11) is 0. The number of carbonyl (C=O) groups is 1. The van der Waals surface area contributed by atoms with Crippen LogP contribution in [-0.2, 0) is 4.79 Å². The first-order valence-corrected chi connectivity index (χ1v) is 7.33. The Kier molecular flexibility index (Phi) is 3.02. The van der Waals surface area contributed by atoms with E-state index in [-0.39, 0.29) is 11.1 Å². The van der Waals surface area contributed by atoms with Crippen molar-refractivity contribution in [2.45, 2.75) is 13.1 Å². The quantitative estimate of drug-likeness (QED) is 0.539. The summed E-state index contributed by atoms with van der Waals surface area (Å²) in [5.41, 5.74) is 0.939. The number of hydrogen-bond donors (Lipinski definition) is 1. The average molecular weight is 345 g/mol. The lowest BCUT2D eigenvalue weighted by Crippen LogP contribution is -2.30. The number of para-hydroxylation sites is 1. The molecule has 126 valence electrons. The number of aryl methyl sites for hydroxylation is 1. The summed E-state index contributed by atoms with van der Waals surface area (Å²) < 4.78 is 39.3. The molecule has 0 spiro atoms. The Morgan fingerprint density at radius 3 is 2.56 bits per heavy atom. The average Bonchev–Trinajstić information content (AvgIpc) is 2.90. The highest BCUT2D eigenvalue weighted by Gasteiger charge is 2.39. The maximum absolute atomic E-state index is 12.9. The number of nitrogens with zero attached hydrogens (tertiary/aromatic N) is 2. The van der Waals surface area contributed by atoms with Crippen molar-refractivity contribution < 1.29 is 18.0 Å². The minimum atomic E-state index is -5.05. The van der Waals surface area contributed by atoms with Gasteiger partial charge in [-0.25, -0.2) is 4.52 Å². The van der Waals surface area contributed by atoms with Crippen LogP contribution in [0.5, 0.6) is 0 Å². The molecular weight excluding hydrogens is 335 g/mol. The third kappa shape index (κ3) is 2.14. The molecule has 8 heteroatoms. The van der Waals surface area contributed by atoms with E-state index >= 15 is 0 Å². The molecule has 0 aliphatic carbocycles. The summed E-state index contributed by atoms with van der Waals surface area (Å²) in [5.74, 6) is -2.13. The Balaban J connectivity index is 2.14. The van der Waals surface area contributed by atoms with E-state index in [4.69, 9.17) is 0 Å². The Hall–Kier alpha value is -3.16. The number of halogens is 3. The Morgan fingerprint density at radius 2 is 1.84 bits per heavy atom. The fourth-order valence-corrected chi connectivity index (χ4v) is 3.04. The van der Waals surface area contributed by atoms with Gasteiger partial charge >= 0.3 is 12.1 Å². The minimum absolute atomic E-state index is 0.00870. The van der Waals surface area contributed by atoms with Crippen LogP contribution in [0.25, 0.3) is 27.2 Å². The van der Waals surface area contributed by atoms with Crippen molar-refractivity contribution >= 4 is 38.8 Å². The molecule has 2 aromatic carbocycles. The molecule has 0 saturated carbocycles. The number of amides is 1. The van der Waals surface area contributed by atoms with Gasteiger partial charge in [-0.2, -0.15) is 18.3 Å². The number of carbonyl (C=O) groups excluding carboxylic acids is 1. The molecule has 0 radical (unpaired) electrons. The molecule has 4 aromatic rings. The van der Waals surface area contributed by atoms with Gasteiger partial charge in [0.25, 0.3) is 0 Å². The third-order valence-electron chi connectivity index (χ3n) is 4.14. The first-order valence-electron chi connectivity index (χ1n) is 7.33. The lowest BCUT2D eigenvalue weighted by molar-refractivity contribution is -0.167. The molecular formula is C17H10F3N3O2. The van der Waals surface area contributed by atoms with Gasteiger partial charge in [-0.05, 0) is 31.2 Å². The molecule has 1 amide bonds. The Morgan fingerprint density at radius 1 is 1.12 bits per heavy atom. The molecule has 0 bridgehead atoms. The second kappa shape index (κ2) is 4.92. The number of benzene rings is 2. The zero-order valence-electron chi connectivity index (χ0n) is 12.8. The number of hydrogen-bond acceptors (Lipinski definition) is 3. The molecule has 4 rings (SSSR count). The minimum Gasteiger partial charge on any atom is -0.317 e. The summed E-state index contributed by atoms with van der Waals surface area (Å²) in [6.45, 7) is 1.75. The molecule has 0 unspecified atom stereocenters. The van der Waals surface area contributed by atoms with Crippen molar-refractivity contribution in [2.24, 2.45) is 0 Å². The maximum Gasteiger partial charge on any atom is 0.471 e. The second-order valence-electron chi connectivity index (χ2n) is 5.68. The zero-order valence-corrected chi connectivity index (χ0v) is 12.8. The number of alkyl halides is 3. The first kappa shape index (κ1) is 15.4. The standard InChI is InChI=1S/C17H10F3N3O2/c1-8-9-6-7-11(21-16(25)17(18,19)20)13-14(9)23(22-8)12-5-3-2-4-10(12)15(13)24/h2-7H,1H3,(H,21,25). The molecule has 5 nitrogen and oxygen atoms in total. The number of rotatable bonds is 1. The van der Waals surface area contributed by atoms with E-state index < -0.39 is 17.5 Å². The predicted octanol–water partition coefficient (Wildman–Crippen LogP) is 3.25. The van der Waals surface area contributed by atoms with E-state index in [1.165, 1.54) is 10.6 Å². The topological polar surface area (TPSA) is 63.5 Å². The number of aromatic nitrogens is 2. The summed E-state index contributed by atoms with van der Waals surface area (Å²) in [6.07, 6.45) is -5.05. The van der Waals surface area contributed by atoms with Crippen molar-refractivity contribution in [3.8, 4) is 0 Å². The third-order valence-corrected chi connectivity index (χ3v) is 4.14. The van der Waals surface area contributed by atoms with Gasteiger partial charge in [0, 0.05) is 10.8 Å². The van der Waals surface area contributed by atoms with Gasteiger partial charge in [0.15, 0.2) is 5.43 Å². The van der Waals surface area contributed by atoms with Gasteiger partial charge in [0.1, 0.15) is 0 Å². The lowest BCUT2D eigenvalue weighted by Gasteiger charge is -2.11. The van der Waals surface area contributed by atoms with Crippen LogP contribution >= 0.6 is 0 Å². The maximum atomic E-state index is 12.9. The molecule has 0 fully saturated rings. The highest BCUT2D eigenvalue weighted by atomic mass is 19.4. The van der Waals surface area contributed by atoms with E-state index in [9.17, 15) is 22.8 Å². The molecule has 0 atom stereocenters. The van der Waals surface area contributed by atoms with E-state index in [2.05, 4.69) is 5.10 Å². The summed E-state index contributed by atoms with van der Waals surface area (Å²) in [6, 6.07) is 9.54. The molecule has 2 aromatic heterocycles. The van der Waals surface area contributed by atoms with E-state index in [1.54, 1.807) is 42.6 Å². The van der Waals surface area contributed by atoms with Crippen molar-refractivity contribution in [1.82, 2.24) is 9.61 Å². The second-order valence-corrected chi connectivity index (χ2v) is 5.68. The normalized spacial score (nSPS) is 12.3. The Labute approximate surface area is 138 Å². The first-order chi connectivity index (χ1) is 11.8. The Bertz CT molecular complexity index is 1210. The predicted molar refractivity (Wildman–Crippen MR) is 87.1 cm³/mol. The van der Waals surface area contributed by atoms with Crippen LogP contribution in [0.1, 0.15) is 5.69 Å². The van der Waals surface area contributed by atoms with E-state index in [0.29, 0.717) is 27.5 Å². The SMILES string of the molecule is Cc1nn2c3ccccc3c(=O)c3c(NC(=O)C(F)(F)F)ccc1c32. The monoisotopic (exact) mass is 345 g/mol. The largest absolute Gasteiger partial charge is 0.471 e. The molecule has 1 N–H and O–H groups in total. The summed E-state index contributed by atoms with van der Waals surface area (Å²) >= 11 is 0. The van der Waals surface area contributed by atoms with E-state index in [0.717, 1.165) is 0 Å². The van der Waals surface area contributed by atoms with Gasteiger partial charge in [0.05, 0.1) is 27.8 Å². The van der Waals surface area contributed by atoms with Crippen LogP contribution in [0.15, 0.2) is 41.2 Å². The van der Waals surface area contributed by atoms with Crippen molar-refractivity contribution in [3.63, 3.8) is 0 Å². The number of fused-ring (bicyclic) bond motifs is 2. The van der Waals surface area contributed by atoms with Crippen molar-refractivity contribution in [2.75, 3.05) is 5.32 Å². The van der Waals surface area contributed by atoms with Crippen molar-refractivity contribution in [3.05, 3.63) is 52.3 Å². The van der Waals surface area contributed by atoms with Crippen LogP contribution in [0.3, 0.4) is 0 Å². The summed E-state index contributed by atoms with van der Waals surface area (Å²) in [4.78, 5) is 24.2. The fraction of sp³-hybridized carbons (Fsp3) is 0.118. The highest BCUT2D eigenvalue weighted by molar-refractivity contribution is 6.11. The smallest absolute Gasteiger partial charge is 0.317 e. The van der Waals surface area contributed by atoms with Crippen molar-refractivity contribution in [1.29, 1.82) is 0 Å². The van der Waals surface area contributed by atoms with Gasteiger partial charge in [-0.15, -0.1) is 0 Å². The van der Waals surface area contributed by atoms with Crippen LogP contribution < -0.4 is 10.7 Å². The zero-order chi connectivity index (χ0) is 17.9.